The summed E-state index contributed by atoms with van der Waals surface area (Å²) >= 11 is 0. The molecule has 12 rings (SSSR count). The van der Waals surface area contributed by atoms with Crippen LogP contribution in [0, 0.1) is 0 Å². The fraction of sp³-hybridized carbons (Fsp3) is 1.00. The van der Waals surface area contributed by atoms with Gasteiger partial charge in [-0.2, -0.15) is 0 Å². The van der Waals surface area contributed by atoms with Gasteiger partial charge >= 0.3 is 89.5 Å². The Morgan fingerprint density at radius 2 is 0.167 bits per heavy atom. The normalized spacial score (nSPS) is 24.4. The Morgan fingerprint density at radius 3 is 0.222 bits per heavy atom. The molecule has 0 nitrogen and oxygen atoms in total. The Kier molecular flexibility index (Phi) is 84.6. The van der Waals surface area contributed by atoms with Gasteiger partial charge in [0.05, 0.1) is 67.9 Å². The van der Waals surface area contributed by atoms with E-state index in [1.807, 2.05) is 0 Å². The summed E-state index contributed by atoms with van der Waals surface area (Å²) in [5, 5.41) is 0. The first-order chi connectivity index (χ1) is 37.8. The Hall–Kier alpha value is 10.2. The van der Waals surface area contributed by atoms with Crippen LogP contribution >= 0.6 is 31.7 Å². The van der Waals surface area contributed by atoms with E-state index < -0.39 is 0 Å². The Bertz CT molecular complexity index is 1100. The van der Waals surface area contributed by atoms with Crippen LogP contribution in [0.5, 0.6) is 0 Å². The first-order valence-electron chi connectivity index (χ1n) is 37.3. The first-order valence-corrected chi connectivity index (χ1v) is 44.2. The van der Waals surface area contributed by atoms with Crippen molar-refractivity contribution < 1.29 is 132 Å². The van der Waals surface area contributed by atoms with Crippen molar-refractivity contribution in [3.63, 3.8) is 0 Å². The summed E-state index contributed by atoms with van der Waals surface area (Å²) in [6.45, 7) is 0. The monoisotopic (exact) mass is 2560 g/mol. The Balaban J connectivity index is -0.000000248. The van der Waals surface area contributed by atoms with Crippen LogP contribution in [-0.4, -0.2) is 204 Å². The maximum absolute atomic E-state index is 1.63. The van der Waals surface area contributed by atoms with Gasteiger partial charge in [-0.05, 0) is 308 Å². The molecule has 0 amide bonds. The third-order valence-corrected chi connectivity index (χ3v) is 43.2. The van der Waals surface area contributed by atoms with Gasteiger partial charge in [0.2, 0.25) is 0 Å². The van der Waals surface area contributed by atoms with E-state index in [0.717, 1.165) is 0 Å². The molecular weight excluding hydrogens is 2420 g/mol. The molecule has 0 N–H and O–H groups in total. The van der Waals surface area contributed by atoms with Crippen LogP contribution in [0.3, 0.4) is 0 Å². The van der Waals surface area contributed by atoms with Crippen LogP contribution < -0.4 is 0 Å². The van der Waals surface area contributed by atoms with Gasteiger partial charge in [-0.25, -0.2) is 0 Å². The fourth-order valence-electron chi connectivity index (χ4n) is 21.2. The average molecular weight is 2560 g/mol. The molecule has 0 saturated heterocycles. The minimum absolute atomic E-state index is 0. The Labute approximate surface area is 742 Å². The van der Waals surface area contributed by atoms with E-state index in [-0.39, 0.29) is 300 Å². The fourth-order valence-corrected chi connectivity index (χ4v) is 42.1. The number of rotatable bonds is 12. The van der Waals surface area contributed by atoms with Crippen molar-refractivity contribution in [2.24, 2.45) is 0 Å². The summed E-state index contributed by atoms with van der Waals surface area (Å²) in [6.07, 6.45) is 95.2. The van der Waals surface area contributed by atoms with Crippen molar-refractivity contribution in [1.82, 2.24) is 0 Å². The molecule has 12 fully saturated rings. The van der Waals surface area contributed by atoms with Crippen LogP contribution in [0.25, 0.3) is 0 Å². The number of hydrogen-bond acceptors (Lipinski definition) is 0. The molecule has 0 aromatic heterocycles. The zero-order valence-electron chi connectivity index (χ0n) is 56.6. The van der Waals surface area contributed by atoms with E-state index in [0.29, 0.717) is 0 Å². The van der Waals surface area contributed by atoms with Crippen LogP contribution in [0.4, 0.5) is 0 Å². The van der Waals surface area contributed by atoms with Gasteiger partial charge in [-0.15, -0.1) is 0 Å². The van der Waals surface area contributed by atoms with E-state index in [9.17, 15) is 0 Å². The molecule has 90 heavy (non-hydrogen) atoms. The smallest absolute Gasteiger partial charge is 1.00 e. The van der Waals surface area contributed by atoms with Crippen molar-refractivity contribution in [1.29, 1.82) is 0 Å². The van der Waals surface area contributed by atoms with E-state index >= 15 is 0 Å². The van der Waals surface area contributed by atoms with Gasteiger partial charge < -0.3 is 137 Å². The topological polar surface area (TPSA) is 0 Å². The molecule has 18 heteroatoms. The minimum Gasteiger partial charge on any atom is -2.00 e. The summed E-state index contributed by atoms with van der Waals surface area (Å²) in [5.74, 6) is 0. The second-order valence-electron chi connectivity index (χ2n) is 30.0. The van der Waals surface area contributed by atoms with Crippen molar-refractivity contribution in [3.8, 4) is 0 Å². The summed E-state index contributed by atoms with van der Waals surface area (Å²) < 4.78 is 0. The van der Waals surface area contributed by atoms with E-state index in [1.54, 1.807) is 385 Å². The molecule has 12 aliphatic rings. The molecule has 0 heterocycles. The third kappa shape index (κ3) is 39.0. The molecule has 0 aromatic rings. The zero-order chi connectivity index (χ0) is 51.7. The van der Waals surface area contributed by atoms with Crippen molar-refractivity contribution in [2.45, 2.75) is 453 Å². The molecule has 0 aromatic carbocycles. The predicted molar refractivity (Wildman–Crippen MR) is 402 cm³/mol. The largest absolute Gasteiger partial charge is 2.00 e. The summed E-state index contributed by atoms with van der Waals surface area (Å²) in [4.78, 5) is 0. The molecule has 12 aliphatic carbocycles. The van der Waals surface area contributed by atoms with E-state index in [2.05, 4.69) is 0 Å². The van der Waals surface area contributed by atoms with Crippen molar-refractivity contribution in [3.05, 3.63) is 0 Å². The predicted octanol–water partition coefficient (Wildman–Crippen LogP) is 21.7. The molecule has 0 spiro atoms. The average Bonchev–Trinajstić information content (AvgIpc) is 2.52. The SMILES string of the molecule is C1CCC([PH+](C2CCCCC2)C2CCCCC2)CC1.C1CCC([PH+](C2CCCCC2)C2CCCCC2)CC1.C1CCC([PH+](C2CCCCC2)C2CCCCC2)CC1.C1CCC([PH+](C2CCCCC2)C2CCCCC2)CC1.[Ag+].[Ag+].[Ag+].[Ag+].[Se-2].[Se-2].[Se-2].[Se-2].[Se-2].[Se-2].[Se-2].[Se-2].[W].[W]. The molecule has 556 valence electrons. The molecule has 0 bridgehead atoms. The number of hydrogen-bond donors (Lipinski definition) is 0. The molecule has 0 unspecified atom stereocenters. The zero-order valence-corrected chi connectivity index (χ0v) is 86.1. The second kappa shape index (κ2) is 68.5. The summed E-state index contributed by atoms with van der Waals surface area (Å²) in [7, 11) is -0.186. The van der Waals surface area contributed by atoms with Gasteiger partial charge in [-0.1, -0.05) is 77.0 Å². The maximum atomic E-state index is 1.63. The van der Waals surface area contributed by atoms with Gasteiger partial charge in [-0.3, -0.25) is 0 Å². The van der Waals surface area contributed by atoms with Crippen molar-refractivity contribution >= 4 is 168 Å². The second-order valence-corrected chi connectivity index (χ2v) is 43.8. The van der Waals surface area contributed by atoms with E-state index in [4.69, 9.17) is 0 Å². The van der Waals surface area contributed by atoms with Gasteiger partial charge in [0.25, 0.3) is 0 Å². The standard InChI is InChI=1S/4C18H33P.4Ag.8Se.2W/c4*1-4-10-16(11-5-1)19(17-12-6-2-7-13-17)18-14-8-3-9-15-18;;;;;;;;;;;;;;/h4*16-18H,1-15H2;;;;;;;;;;;;;;/q;;;;4*+1;8*-2;;/p+4. The summed E-state index contributed by atoms with van der Waals surface area (Å²) in [5.41, 5.74) is 14.7. The molecule has 0 radical (unpaired) electrons. The molecule has 0 aliphatic heterocycles. The van der Waals surface area contributed by atoms with Crippen LogP contribution in [0.1, 0.15) is 385 Å². The quantitative estimate of drug-likeness (QED) is 0.135. The van der Waals surface area contributed by atoms with Crippen LogP contribution in [-0.2, 0) is 132 Å². The molecule has 12 saturated carbocycles. The molecule has 0 atom stereocenters. The van der Waals surface area contributed by atoms with Gasteiger partial charge in [0, 0.05) is 73.8 Å². The van der Waals surface area contributed by atoms with Crippen molar-refractivity contribution in [2.75, 3.05) is 0 Å². The van der Waals surface area contributed by atoms with Gasteiger partial charge in [0.15, 0.2) is 0 Å². The van der Waals surface area contributed by atoms with Gasteiger partial charge in [0.1, 0.15) is 0 Å². The third-order valence-electron chi connectivity index (χ3n) is 24.9. The molecular formula is C72H136Ag4P4Se8W2-8. The van der Waals surface area contributed by atoms with Crippen LogP contribution in [0.2, 0.25) is 0 Å². The Morgan fingerprint density at radius 1 is 0.111 bits per heavy atom. The maximum Gasteiger partial charge on any atom is 1.00 e. The van der Waals surface area contributed by atoms with E-state index in [1.165, 1.54) is 67.9 Å². The summed E-state index contributed by atoms with van der Waals surface area (Å²) in [6, 6.07) is 0. The first kappa shape index (κ1) is 111. The minimum atomic E-state index is -0.0465. The van der Waals surface area contributed by atoms with Crippen LogP contribution in [0.15, 0.2) is 0 Å².